The van der Waals surface area contributed by atoms with E-state index in [1.165, 1.54) is 12.1 Å². The van der Waals surface area contributed by atoms with Gasteiger partial charge in [0.15, 0.2) is 0 Å². The van der Waals surface area contributed by atoms with E-state index in [4.69, 9.17) is 10.00 Å². The van der Waals surface area contributed by atoms with Crippen LogP contribution in [0.4, 0.5) is 4.39 Å². The van der Waals surface area contributed by atoms with Gasteiger partial charge in [-0.1, -0.05) is 15.9 Å². The van der Waals surface area contributed by atoms with Crippen molar-refractivity contribution < 1.29 is 9.13 Å². The Bertz CT molecular complexity index is 362. The molecule has 0 bridgehead atoms. The standard InChI is InChI=1S/C11H11BrFNO/c12-8-9-5-10(13)7-11(6-9)15-4-2-1-3-14/h5-7H,1-2,4,8H2. The summed E-state index contributed by atoms with van der Waals surface area (Å²) in [7, 11) is 0. The van der Waals surface area contributed by atoms with E-state index in [1.807, 2.05) is 6.07 Å². The molecule has 0 aliphatic rings. The van der Waals surface area contributed by atoms with E-state index in [-0.39, 0.29) is 5.82 Å². The summed E-state index contributed by atoms with van der Waals surface area (Å²) in [5.74, 6) is 0.213. The Balaban J connectivity index is 2.53. The van der Waals surface area contributed by atoms with E-state index in [0.717, 1.165) is 5.56 Å². The molecule has 0 unspecified atom stereocenters. The monoisotopic (exact) mass is 271 g/mol. The molecule has 0 saturated heterocycles. The van der Waals surface area contributed by atoms with E-state index in [9.17, 15) is 4.39 Å². The van der Waals surface area contributed by atoms with Gasteiger partial charge in [0, 0.05) is 17.8 Å². The van der Waals surface area contributed by atoms with Crippen LogP contribution < -0.4 is 4.74 Å². The zero-order valence-electron chi connectivity index (χ0n) is 8.17. The van der Waals surface area contributed by atoms with Crippen molar-refractivity contribution in [3.05, 3.63) is 29.6 Å². The second-order valence-corrected chi connectivity index (χ2v) is 3.60. The largest absolute Gasteiger partial charge is 0.493 e. The van der Waals surface area contributed by atoms with Crippen LogP contribution in [0.5, 0.6) is 5.75 Å². The van der Waals surface area contributed by atoms with E-state index in [0.29, 0.717) is 30.5 Å². The van der Waals surface area contributed by atoms with Crippen LogP contribution in [0.15, 0.2) is 18.2 Å². The first-order valence-electron chi connectivity index (χ1n) is 4.61. The number of unbranched alkanes of at least 4 members (excludes halogenated alkanes) is 1. The lowest BCUT2D eigenvalue weighted by Crippen LogP contribution is -1.97. The molecule has 0 heterocycles. The fraction of sp³-hybridized carbons (Fsp3) is 0.364. The maximum atomic E-state index is 13.0. The van der Waals surface area contributed by atoms with Gasteiger partial charge in [-0.15, -0.1) is 0 Å². The van der Waals surface area contributed by atoms with Crippen molar-refractivity contribution in [2.75, 3.05) is 6.61 Å². The molecular formula is C11H11BrFNO. The van der Waals surface area contributed by atoms with Gasteiger partial charge < -0.3 is 4.74 Å². The highest BCUT2D eigenvalue weighted by atomic mass is 79.9. The molecule has 0 aliphatic carbocycles. The first-order valence-corrected chi connectivity index (χ1v) is 5.73. The third-order valence-corrected chi connectivity index (χ3v) is 2.43. The van der Waals surface area contributed by atoms with Crippen LogP contribution in [-0.2, 0) is 5.33 Å². The lowest BCUT2D eigenvalue weighted by Gasteiger charge is -2.06. The minimum Gasteiger partial charge on any atom is -0.493 e. The number of alkyl halides is 1. The van der Waals surface area contributed by atoms with Crippen LogP contribution in [-0.4, -0.2) is 6.61 Å². The normalized spacial score (nSPS) is 9.67. The number of hydrogen-bond donors (Lipinski definition) is 0. The number of nitrogens with zero attached hydrogens (tertiary/aromatic N) is 1. The number of hydrogen-bond acceptors (Lipinski definition) is 2. The van der Waals surface area contributed by atoms with Gasteiger partial charge in [-0.05, 0) is 24.1 Å². The van der Waals surface area contributed by atoms with Gasteiger partial charge in [0.1, 0.15) is 11.6 Å². The second-order valence-electron chi connectivity index (χ2n) is 3.04. The van der Waals surface area contributed by atoms with Gasteiger partial charge in [-0.25, -0.2) is 4.39 Å². The smallest absolute Gasteiger partial charge is 0.127 e. The fourth-order valence-corrected chi connectivity index (χ4v) is 1.45. The molecule has 0 radical (unpaired) electrons. The predicted molar refractivity (Wildman–Crippen MR) is 59.4 cm³/mol. The maximum absolute atomic E-state index is 13.0. The topological polar surface area (TPSA) is 33.0 Å². The molecule has 1 aromatic rings. The van der Waals surface area contributed by atoms with Gasteiger partial charge in [-0.2, -0.15) is 5.26 Å². The van der Waals surface area contributed by atoms with Crippen molar-refractivity contribution in [3.8, 4) is 11.8 Å². The molecule has 0 aliphatic heterocycles. The molecule has 4 heteroatoms. The first kappa shape index (κ1) is 12.0. The summed E-state index contributed by atoms with van der Waals surface area (Å²) in [5.41, 5.74) is 0.838. The molecule has 80 valence electrons. The van der Waals surface area contributed by atoms with Gasteiger partial charge in [-0.3, -0.25) is 0 Å². The molecule has 0 fully saturated rings. The average molecular weight is 272 g/mol. The fourth-order valence-electron chi connectivity index (χ4n) is 1.12. The van der Waals surface area contributed by atoms with Crippen LogP contribution in [0.2, 0.25) is 0 Å². The highest BCUT2D eigenvalue weighted by Crippen LogP contribution is 2.18. The molecule has 1 rings (SSSR count). The molecule has 0 spiro atoms. The Morgan fingerprint density at radius 1 is 1.40 bits per heavy atom. The zero-order chi connectivity index (χ0) is 11.1. The Labute approximate surface area is 96.8 Å². The second kappa shape index (κ2) is 6.41. The molecular weight excluding hydrogens is 261 g/mol. The highest BCUT2D eigenvalue weighted by Gasteiger charge is 2.00. The van der Waals surface area contributed by atoms with E-state index >= 15 is 0 Å². The summed E-state index contributed by atoms with van der Waals surface area (Å²) < 4.78 is 18.4. The summed E-state index contributed by atoms with van der Waals surface area (Å²) in [6, 6.07) is 6.61. The van der Waals surface area contributed by atoms with Gasteiger partial charge in [0.25, 0.3) is 0 Å². The van der Waals surface area contributed by atoms with Crippen molar-refractivity contribution in [1.82, 2.24) is 0 Å². The lowest BCUT2D eigenvalue weighted by atomic mass is 10.2. The first-order chi connectivity index (χ1) is 7.26. The average Bonchev–Trinajstić information content (AvgIpc) is 2.23. The number of rotatable bonds is 5. The molecule has 0 aromatic heterocycles. The van der Waals surface area contributed by atoms with Gasteiger partial charge in [0.2, 0.25) is 0 Å². The van der Waals surface area contributed by atoms with Crippen LogP contribution >= 0.6 is 15.9 Å². The molecule has 0 amide bonds. The summed E-state index contributed by atoms with van der Waals surface area (Å²) in [5, 5.41) is 8.91. The van der Waals surface area contributed by atoms with Gasteiger partial charge in [0.05, 0.1) is 12.7 Å². The van der Waals surface area contributed by atoms with Crippen LogP contribution in [0.25, 0.3) is 0 Å². The summed E-state index contributed by atoms with van der Waals surface area (Å²) in [6.45, 7) is 0.443. The van der Waals surface area contributed by atoms with Crippen LogP contribution in [0, 0.1) is 17.1 Å². The predicted octanol–water partition coefficient (Wildman–Crippen LogP) is 3.40. The van der Waals surface area contributed by atoms with Crippen molar-refractivity contribution >= 4 is 15.9 Å². The summed E-state index contributed by atoms with van der Waals surface area (Å²) >= 11 is 3.25. The molecule has 1 aromatic carbocycles. The minimum atomic E-state index is -0.303. The minimum absolute atomic E-state index is 0.303. The number of halogens is 2. The highest BCUT2D eigenvalue weighted by molar-refractivity contribution is 9.08. The van der Waals surface area contributed by atoms with Crippen molar-refractivity contribution in [3.63, 3.8) is 0 Å². The summed E-state index contributed by atoms with van der Waals surface area (Å²) in [4.78, 5) is 0. The van der Waals surface area contributed by atoms with Crippen molar-refractivity contribution in [1.29, 1.82) is 5.26 Å². The van der Waals surface area contributed by atoms with Crippen molar-refractivity contribution in [2.24, 2.45) is 0 Å². The Morgan fingerprint density at radius 3 is 2.87 bits per heavy atom. The van der Waals surface area contributed by atoms with E-state index in [2.05, 4.69) is 15.9 Å². The zero-order valence-corrected chi connectivity index (χ0v) is 9.76. The quantitative estimate of drug-likeness (QED) is 0.608. The van der Waals surface area contributed by atoms with E-state index in [1.54, 1.807) is 6.07 Å². The molecule has 0 atom stereocenters. The SMILES string of the molecule is N#CCCCOc1cc(F)cc(CBr)c1. The molecule has 0 saturated carbocycles. The Morgan fingerprint density at radius 2 is 2.20 bits per heavy atom. The van der Waals surface area contributed by atoms with Crippen LogP contribution in [0.3, 0.4) is 0 Å². The maximum Gasteiger partial charge on any atom is 0.127 e. The third-order valence-electron chi connectivity index (χ3n) is 1.79. The molecule has 15 heavy (non-hydrogen) atoms. The summed E-state index contributed by atoms with van der Waals surface area (Å²) in [6.07, 6.45) is 1.12. The number of benzene rings is 1. The lowest BCUT2D eigenvalue weighted by molar-refractivity contribution is 0.311. The Kier molecular flexibility index (Phi) is 5.13. The Hall–Kier alpha value is -1.08. The number of nitriles is 1. The number of ether oxygens (including phenoxy) is 1. The third kappa shape index (κ3) is 4.30. The molecule has 0 N–H and O–H groups in total. The molecule has 2 nitrogen and oxygen atoms in total. The van der Waals surface area contributed by atoms with Crippen LogP contribution in [0.1, 0.15) is 18.4 Å². The van der Waals surface area contributed by atoms with Gasteiger partial charge >= 0.3 is 0 Å². The van der Waals surface area contributed by atoms with Crippen molar-refractivity contribution in [2.45, 2.75) is 18.2 Å². The van der Waals surface area contributed by atoms with E-state index < -0.39 is 0 Å².